The molecule has 2 nitrogen and oxygen atoms in total. The van der Waals surface area contributed by atoms with E-state index in [1.807, 2.05) is 0 Å². The highest BCUT2D eigenvalue weighted by Crippen LogP contribution is 2.24. The molecule has 0 aromatic heterocycles. The Hall–Kier alpha value is -2.84. The smallest absolute Gasteiger partial charge is 0.0449 e. The fourth-order valence-electron chi connectivity index (χ4n) is 3.62. The summed E-state index contributed by atoms with van der Waals surface area (Å²) >= 11 is 0. The zero-order chi connectivity index (χ0) is 17.9. The molecule has 4 aromatic rings. The summed E-state index contributed by atoms with van der Waals surface area (Å²) in [5, 5.41) is 5.10. The van der Waals surface area contributed by atoms with E-state index < -0.39 is 0 Å². The van der Waals surface area contributed by atoms with E-state index in [1.165, 1.54) is 32.8 Å². The minimum absolute atomic E-state index is 0.261. The number of hydrogen-bond acceptors (Lipinski definition) is 2. The summed E-state index contributed by atoms with van der Waals surface area (Å²) in [6, 6.07) is 30.6. The number of benzene rings is 4. The van der Waals surface area contributed by atoms with Gasteiger partial charge in [-0.2, -0.15) is 0 Å². The largest absolute Gasteiger partial charge is 0.370 e. The highest BCUT2D eigenvalue weighted by molar-refractivity contribution is 5.86. The van der Waals surface area contributed by atoms with E-state index in [0.717, 1.165) is 6.42 Å². The first-order valence-corrected chi connectivity index (χ1v) is 9.14. The van der Waals surface area contributed by atoms with Crippen molar-refractivity contribution in [1.29, 1.82) is 0 Å². The van der Waals surface area contributed by atoms with Crippen LogP contribution >= 0.6 is 0 Å². The molecule has 2 heteroatoms. The van der Waals surface area contributed by atoms with Gasteiger partial charge < -0.3 is 10.6 Å². The molecule has 1 atom stereocenters. The van der Waals surface area contributed by atoms with Gasteiger partial charge in [-0.25, -0.2) is 0 Å². The second-order valence-corrected chi connectivity index (χ2v) is 6.92. The lowest BCUT2D eigenvalue weighted by molar-refractivity contribution is 0.635. The number of nitrogens with two attached hydrogens (primary N) is 1. The minimum atomic E-state index is 0.261. The van der Waals surface area contributed by atoms with Crippen molar-refractivity contribution in [3.05, 3.63) is 90.5 Å². The zero-order valence-electron chi connectivity index (χ0n) is 15.1. The van der Waals surface area contributed by atoms with Crippen LogP contribution in [-0.4, -0.2) is 19.6 Å². The SMILES string of the molecule is CN(c1ccc2ccccc2c1)C(CN)Cc1ccc2ccccc2c1. The van der Waals surface area contributed by atoms with E-state index in [-0.39, 0.29) is 6.04 Å². The van der Waals surface area contributed by atoms with Gasteiger partial charge in [0.25, 0.3) is 0 Å². The van der Waals surface area contributed by atoms with Gasteiger partial charge in [-0.05, 0) is 45.7 Å². The Labute approximate surface area is 154 Å². The van der Waals surface area contributed by atoms with Crippen molar-refractivity contribution < 1.29 is 0 Å². The molecular weight excluding hydrogens is 316 g/mol. The number of likely N-dealkylation sites (N-methyl/N-ethyl adjacent to an activating group) is 1. The molecule has 0 aliphatic rings. The van der Waals surface area contributed by atoms with Crippen molar-refractivity contribution in [1.82, 2.24) is 0 Å². The van der Waals surface area contributed by atoms with Crippen LogP contribution in [0.4, 0.5) is 5.69 Å². The van der Waals surface area contributed by atoms with E-state index in [4.69, 9.17) is 5.73 Å². The van der Waals surface area contributed by atoms with Gasteiger partial charge in [0.1, 0.15) is 0 Å². The maximum Gasteiger partial charge on any atom is 0.0449 e. The minimum Gasteiger partial charge on any atom is -0.370 e. The summed E-state index contributed by atoms with van der Waals surface area (Å²) in [6.07, 6.45) is 0.935. The summed E-state index contributed by atoms with van der Waals surface area (Å²) in [5.74, 6) is 0. The molecule has 0 radical (unpaired) electrons. The predicted octanol–water partition coefficient (Wildman–Crippen LogP) is 5.00. The molecule has 26 heavy (non-hydrogen) atoms. The van der Waals surface area contributed by atoms with Gasteiger partial charge >= 0.3 is 0 Å². The van der Waals surface area contributed by atoms with Crippen LogP contribution < -0.4 is 10.6 Å². The molecule has 0 amide bonds. The molecule has 0 bridgehead atoms. The molecule has 0 fully saturated rings. The topological polar surface area (TPSA) is 29.3 Å². The molecule has 0 heterocycles. The second kappa shape index (κ2) is 7.19. The molecule has 2 N–H and O–H groups in total. The highest BCUT2D eigenvalue weighted by Gasteiger charge is 2.15. The Balaban J connectivity index is 1.60. The van der Waals surface area contributed by atoms with Crippen molar-refractivity contribution in [2.45, 2.75) is 12.5 Å². The van der Waals surface area contributed by atoms with Crippen LogP contribution in [0.1, 0.15) is 5.56 Å². The van der Waals surface area contributed by atoms with Crippen molar-refractivity contribution in [2.75, 3.05) is 18.5 Å². The monoisotopic (exact) mass is 340 g/mol. The van der Waals surface area contributed by atoms with Gasteiger partial charge in [0.2, 0.25) is 0 Å². The Morgan fingerprint density at radius 3 is 1.96 bits per heavy atom. The molecule has 0 aliphatic carbocycles. The van der Waals surface area contributed by atoms with Crippen LogP contribution in [0, 0.1) is 0 Å². The number of rotatable bonds is 5. The lowest BCUT2D eigenvalue weighted by Gasteiger charge is -2.29. The Kier molecular flexibility index (Phi) is 4.59. The maximum atomic E-state index is 6.14. The number of anilines is 1. The molecule has 0 aliphatic heterocycles. The summed E-state index contributed by atoms with van der Waals surface area (Å²) in [4.78, 5) is 2.31. The Morgan fingerprint density at radius 2 is 1.31 bits per heavy atom. The lowest BCUT2D eigenvalue weighted by atomic mass is 10.0. The number of hydrogen-bond donors (Lipinski definition) is 1. The molecule has 4 aromatic carbocycles. The van der Waals surface area contributed by atoms with Gasteiger partial charge in [0.05, 0.1) is 0 Å². The standard InChI is InChI=1S/C24H24N2/c1-26(23-13-12-20-7-3-5-9-22(20)16-23)24(17-25)15-18-10-11-19-6-2-4-8-21(19)14-18/h2-14,16,24H,15,17,25H2,1H3. The van der Waals surface area contributed by atoms with Crippen molar-refractivity contribution >= 4 is 27.2 Å². The first-order valence-electron chi connectivity index (χ1n) is 9.14. The van der Waals surface area contributed by atoms with E-state index in [2.05, 4.69) is 96.9 Å². The first kappa shape index (κ1) is 16.6. The van der Waals surface area contributed by atoms with E-state index >= 15 is 0 Å². The molecule has 0 saturated carbocycles. The van der Waals surface area contributed by atoms with Crippen molar-refractivity contribution in [2.24, 2.45) is 5.73 Å². The van der Waals surface area contributed by atoms with Crippen LogP contribution in [0.15, 0.2) is 84.9 Å². The average molecular weight is 340 g/mol. The highest BCUT2D eigenvalue weighted by atomic mass is 15.1. The molecule has 0 spiro atoms. The molecular formula is C24H24N2. The molecule has 130 valence electrons. The summed E-state index contributed by atoms with van der Waals surface area (Å²) in [6.45, 7) is 0.621. The maximum absolute atomic E-state index is 6.14. The second-order valence-electron chi connectivity index (χ2n) is 6.92. The molecule has 0 saturated heterocycles. The van der Waals surface area contributed by atoms with Crippen LogP contribution in [-0.2, 0) is 6.42 Å². The van der Waals surface area contributed by atoms with Crippen LogP contribution in [0.2, 0.25) is 0 Å². The Bertz CT molecular complexity index is 1040. The predicted molar refractivity (Wildman–Crippen MR) is 113 cm³/mol. The third-order valence-corrected chi connectivity index (χ3v) is 5.25. The molecule has 4 rings (SSSR count). The lowest BCUT2D eigenvalue weighted by Crippen LogP contribution is -2.39. The van der Waals surface area contributed by atoms with Crippen molar-refractivity contribution in [3.8, 4) is 0 Å². The number of nitrogens with zero attached hydrogens (tertiary/aromatic N) is 1. The van der Waals surface area contributed by atoms with E-state index in [0.29, 0.717) is 6.54 Å². The van der Waals surface area contributed by atoms with Gasteiger partial charge in [0, 0.05) is 25.3 Å². The van der Waals surface area contributed by atoms with Crippen LogP contribution in [0.25, 0.3) is 21.5 Å². The quantitative estimate of drug-likeness (QED) is 0.554. The van der Waals surface area contributed by atoms with Crippen molar-refractivity contribution in [3.63, 3.8) is 0 Å². The van der Waals surface area contributed by atoms with Gasteiger partial charge in [-0.3, -0.25) is 0 Å². The summed E-state index contributed by atoms with van der Waals surface area (Å²) < 4.78 is 0. The summed E-state index contributed by atoms with van der Waals surface area (Å²) in [5.41, 5.74) is 8.68. The van der Waals surface area contributed by atoms with Gasteiger partial charge in [0.15, 0.2) is 0 Å². The van der Waals surface area contributed by atoms with Gasteiger partial charge in [-0.15, -0.1) is 0 Å². The normalized spacial score (nSPS) is 12.4. The van der Waals surface area contributed by atoms with Crippen LogP contribution in [0.3, 0.4) is 0 Å². The molecule has 1 unspecified atom stereocenters. The third kappa shape index (κ3) is 3.29. The fraction of sp³-hybridized carbons (Fsp3) is 0.167. The zero-order valence-corrected chi connectivity index (χ0v) is 15.1. The fourth-order valence-corrected chi connectivity index (χ4v) is 3.62. The average Bonchev–Trinajstić information content (AvgIpc) is 2.71. The number of fused-ring (bicyclic) bond motifs is 2. The van der Waals surface area contributed by atoms with Crippen LogP contribution in [0.5, 0.6) is 0 Å². The van der Waals surface area contributed by atoms with E-state index in [9.17, 15) is 0 Å². The third-order valence-electron chi connectivity index (χ3n) is 5.25. The van der Waals surface area contributed by atoms with E-state index in [1.54, 1.807) is 0 Å². The summed E-state index contributed by atoms with van der Waals surface area (Å²) in [7, 11) is 2.14. The first-order chi connectivity index (χ1) is 12.7. The van der Waals surface area contributed by atoms with Gasteiger partial charge in [-0.1, -0.05) is 72.8 Å². The Morgan fingerprint density at radius 1 is 0.731 bits per heavy atom.